The molecule has 0 spiro atoms. The number of carbonyl (C=O) groups is 1. The number of hydrogen-bond donors (Lipinski definition) is 3. The Bertz CT molecular complexity index is 670. The molecule has 23 heavy (non-hydrogen) atoms. The number of methoxy groups -OCH3 is 1. The van der Waals surface area contributed by atoms with Crippen LogP contribution in [-0.2, 0) is 5.60 Å². The van der Waals surface area contributed by atoms with Crippen LogP contribution in [0.15, 0.2) is 41.8 Å². The molecular formula is C17H20N2O3S. The number of thiophene rings is 1. The number of aliphatic hydroxyl groups is 1. The molecule has 1 aromatic heterocycles. The van der Waals surface area contributed by atoms with Crippen LogP contribution in [0.25, 0.3) is 0 Å². The van der Waals surface area contributed by atoms with E-state index < -0.39 is 5.60 Å². The maximum absolute atomic E-state index is 12.2. The zero-order chi connectivity index (χ0) is 16.3. The molecule has 1 aromatic carbocycles. The lowest BCUT2D eigenvalue weighted by molar-refractivity contribution is 0.0200. The maximum Gasteiger partial charge on any atom is 0.319 e. The summed E-state index contributed by atoms with van der Waals surface area (Å²) < 4.78 is 5.21. The normalized spacial score (nSPS) is 16.4. The number of para-hydroxylation sites is 2. The quantitative estimate of drug-likeness (QED) is 0.761. The van der Waals surface area contributed by atoms with Gasteiger partial charge in [-0.3, -0.25) is 0 Å². The van der Waals surface area contributed by atoms with E-state index in [4.69, 9.17) is 4.74 Å². The number of urea groups is 1. The third-order valence-electron chi connectivity index (χ3n) is 4.07. The molecule has 6 heteroatoms. The number of hydrogen-bond acceptors (Lipinski definition) is 4. The van der Waals surface area contributed by atoms with Gasteiger partial charge in [0, 0.05) is 4.88 Å². The molecule has 0 saturated heterocycles. The van der Waals surface area contributed by atoms with E-state index in [0.29, 0.717) is 11.4 Å². The Morgan fingerprint density at radius 1 is 1.35 bits per heavy atom. The van der Waals surface area contributed by atoms with Crippen molar-refractivity contribution < 1.29 is 14.6 Å². The number of ether oxygens (including phenoxy) is 1. The highest BCUT2D eigenvalue weighted by Crippen LogP contribution is 2.46. The first-order chi connectivity index (χ1) is 11.1. The SMILES string of the molecule is COc1ccccc1NC(=O)NCC(O)(c1cccs1)C1CC1. The molecule has 5 nitrogen and oxygen atoms in total. The van der Waals surface area contributed by atoms with Gasteiger partial charge in [-0.25, -0.2) is 4.79 Å². The first-order valence-electron chi connectivity index (χ1n) is 7.57. The average Bonchev–Trinajstić information content (AvgIpc) is 3.28. The minimum Gasteiger partial charge on any atom is -0.495 e. The van der Waals surface area contributed by atoms with E-state index >= 15 is 0 Å². The lowest BCUT2D eigenvalue weighted by Gasteiger charge is -2.27. The van der Waals surface area contributed by atoms with Gasteiger partial charge in [0.1, 0.15) is 11.4 Å². The molecular weight excluding hydrogens is 312 g/mol. The van der Waals surface area contributed by atoms with Gasteiger partial charge in [0.25, 0.3) is 0 Å². The number of nitrogens with one attached hydrogen (secondary N) is 2. The molecule has 1 atom stereocenters. The van der Waals surface area contributed by atoms with Crippen molar-refractivity contribution in [2.75, 3.05) is 19.0 Å². The minimum absolute atomic E-state index is 0.194. The monoisotopic (exact) mass is 332 g/mol. The van der Waals surface area contributed by atoms with Gasteiger partial charge in [-0.15, -0.1) is 11.3 Å². The molecule has 2 amide bonds. The van der Waals surface area contributed by atoms with Gasteiger partial charge < -0.3 is 20.5 Å². The van der Waals surface area contributed by atoms with Crippen LogP contribution in [0.2, 0.25) is 0 Å². The van der Waals surface area contributed by atoms with Crippen molar-refractivity contribution in [3.8, 4) is 5.75 Å². The van der Waals surface area contributed by atoms with Gasteiger partial charge in [-0.2, -0.15) is 0 Å². The van der Waals surface area contributed by atoms with Crippen molar-refractivity contribution in [2.45, 2.75) is 18.4 Å². The second-order valence-electron chi connectivity index (χ2n) is 5.68. The fraction of sp³-hybridized carbons (Fsp3) is 0.353. The highest BCUT2D eigenvalue weighted by molar-refractivity contribution is 7.10. The number of amides is 2. The Morgan fingerprint density at radius 2 is 2.13 bits per heavy atom. The molecule has 0 aliphatic heterocycles. The predicted octanol–water partition coefficient (Wildman–Crippen LogP) is 3.18. The molecule has 1 fully saturated rings. The Morgan fingerprint density at radius 3 is 2.78 bits per heavy atom. The van der Waals surface area contributed by atoms with Gasteiger partial charge in [-0.05, 0) is 42.3 Å². The summed E-state index contributed by atoms with van der Waals surface area (Å²) in [7, 11) is 1.56. The topological polar surface area (TPSA) is 70.6 Å². The molecule has 1 saturated carbocycles. The fourth-order valence-corrected chi connectivity index (χ4v) is 3.55. The highest BCUT2D eigenvalue weighted by Gasteiger charge is 2.45. The minimum atomic E-state index is -0.980. The first kappa shape index (κ1) is 15.8. The van der Waals surface area contributed by atoms with Crippen molar-refractivity contribution in [2.24, 2.45) is 5.92 Å². The summed E-state index contributed by atoms with van der Waals surface area (Å²) in [4.78, 5) is 13.1. The van der Waals surface area contributed by atoms with Crippen molar-refractivity contribution in [3.63, 3.8) is 0 Å². The van der Waals surface area contributed by atoms with Crippen LogP contribution >= 0.6 is 11.3 Å². The van der Waals surface area contributed by atoms with Crippen LogP contribution in [0.1, 0.15) is 17.7 Å². The lowest BCUT2D eigenvalue weighted by Crippen LogP contribution is -2.43. The molecule has 1 aliphatic rings. The van der Waals surface area contributed by atoms with Gasteiger partial charge in [0.05, 0.1) is 19.3 Å². The molecule has 3 N–H and O–H groups in total. The molecule has 1 heterocycles. The standard InChI is InChI=1S/C17H20N2O3S/c1-22-14-6-3-2-5-13(14)19-16(20)18-11-17(21,12-8-9-12)15-7-4-10-23-15/h2-7,10,12,21H,8-9,11H2,1H3,(H2,18,19,20). The Kier molecular flexibility index (Phi) is 4.54. The molecule has 2 aromatic rings. The third kappa shape index (κ3) is 3.48. The van der Waals surface area contributed by atoms with E-state index in [1.165, 1.54) is 11.3 Å². The van der Waals surface area contributed by atoms with Crippen LogP contribution in [0.4, 0.5) is 10.5 Å². The predicted molar refractivity (Wildman–Crippen MR) is 91.0 cm³/mol. The summed E-state index contributed by atoms with van der Waals surface area (Å²) >= 11 is 1.52. The van der Waals surface area contributed by atoms with Crippen LogP contribution in [0.5, 0.6) is 5.75 Å². The Labute approximate surface area is 139 Å². The zero-order valence-corrected chi connectivity index (χ0v) is 13.7. The van der Waals surface area contributed by atoms with Crippen molar-refractivity contribution in [1.29, 1.82) is 0 Å². The molecule has 122 valence electrons. The van der Waals surface area contributed by atoms with Crippen molar-refractivity contribution in [3.05, 3.63) is 46.7 Å². The van der Waals surface area contributed by atoms with Crippen molar-refractivity contribution >= 4 is 23.1 Å². The molecule has 0 bridgehead atoms. The fourth-order valence-electron chi connectivity index (χ4n) is 2.65. The van der Waals surface area contributed by atoms with E-state index in [-0.39, 0.29) is 18.5 Å². The summed E-state index contributed by atoms with van der Waals surface area (Å²) in [5.41, 5.74) is -0.384. The van der Waals surface area contributed by atoms with Crippen LogP contribution in [0, 0.1) is 5.92 Å². The Hall–Kier alpha value is -2.05. The average molecular weight is 332 g/mol. The first-order valence-corrected chi connectivity index (χ1v) is 8.45. The van der Waals surface area contributed by atoms with Crippen molar-refractivity contribution in [1.82, 2.24) is 5.32 Å². The number of rotatable bonds is 6. The van der Waals surface area contributed by atoms with Gasteiger partial charge in [0.2, 0.25) is 0 Å². The van der Waals surface area contributed by atoms with Gasteiger partial charge in [0.15, 0.2) is 0 Å². The number of benzene rings is 1. The van der Waals surface area contributed by atoms with E-state index in [0.717, 1.165) is 17.7 Å². The van der Waals surface area contributed by atoms with E-state index in [9.17, 15) is 9.90 Å². The summed E-state index contributed by atoms with van der Waals surface area (Å²) in [6.07, 6.45) is 1.98. The van der Waals surface area contributed by atoms with E-state index in [1.54, 1.807) is 19.2 Å². The van der Waals surface area contributed by atoms with E-state index in [2.05, 4.69) is 10.6 Å². The van der Waals surface area contributed by atoms with Crippen LogP contribution < -0.4 is 15.4 Å². The molecule has 1 unspecified atom stereocenters. The second-order valence-corrected chi connectivity index (χ2v) is 6.63. The van der Waals surface area contributed by atoms with Crippen LogP contribution in [0.3, 0.4) is 0 Å². The highest BCUT2D eigenvalue weighted by atomic mass is 32.1. The summed E-state index contributed by atoms with van der Waals surface area (Å²) in [6.45, 7) is 0.194. The summed E-state index contributed by atoms with van der Waals surface area (Å²) in [5.74, 6) is 0.811. The van der Waals surface area contributed by atoms with Gasteiger partial charge >= 0.3 is 6.03 Å². The smallest absolute Gasteiger partial charge is 0.319 e. The van der Waals surface area contributed by atoms with Gasteiger partial charge in [-0.1, -0.05) is 18.2 Å². The summed E-state index contributed by atoms with van der Waals surface area (Å²) in [6, 6.07) is 10.7. The van der Waals surface area contributed by atoms with Crippen LogP contribution in [-0.4, -0.2) is 24.8 Å². The maximum atomic E-state index is 12.2. The van der Waals surface area contributed by atoms with E-state index in [1.807, 2.05) is 29.6 Å². The second kappa shape index (κ2) is 6.60. The number of carbonyl (C=O) groups excluding carboxylic acids is 1. The molecule has 3 rings (SSSR count). The number of anilines is 1. The largest absolute Gasteiger partial charge is 0.495 e. The summed E-state index contributed by atoms with van der Waals surface area (Å²) in [5, 5.41) is 18.5. The molecule has 1 aliphatic carbocycles. The zero-order valence-electron chi connectivity index (χ0n) is 12.9. The Balaban J connectivity index is 1.64. The molecule has 0 radical (unpaired) electrons. The lowest BCUT2D eigenvalue weighted by atomic mass is 9.96. The third-order valence-corrected chi connectivity index (χ3v) is 5.11.